The molecule has 20 heavy (non-hydrogen) atoms. The number of pyridine rings is 1. The highest BCUT2D eigenvalue weighted by Gasteiger charge is 2.21. The van der Waals surface area contributed by atoms with Gasteiger partial charge in [-0.2, -0.15) is 5.10 Å². The summed E-state index contributed by atoms with van der Waals surface area (Å²) in [4.78, 5) is 5.88. The van der Waals surface area contributed by atoms with Crippen LogP contribution in [0.4, 0.5) is 4.39 Å². The maximum Gasteiger partial charge on any atom is 0.141 e. The van der Waals surface area contributed by atoms with Gasteiger partial charge in [-0.3, -0.25) is 9.67 Å². The molecule has 2 aromatic heterocycles. The molecule has 0 spiro atoms. The van der Waals surface area contributed by atoms with Crippen LogP contribution in [0.15, 0.2) is 24.5 Å². The van der Waals surface area contributed by atoms with Crippen LogP contribution in [0.1, 0.15) is 17.5 Å². The molecule has 7 heteroatoms. The zero-order chi connectivity index (χ0) is 14.7. The first kappa shape index (κ1) is 14.9. The lowest BCUT2D eigenvalue weighted by atomic mass is 10.1. The molecule has 2 rings (SSSR count). The zero-order valence-corrected chi connectivity index (χ0v) is 12.0. The number of rotatable bonds is 5. The smallest absolute Gasteiger partial charge is 0.141 e. The van der Waals surface area contributed by atoms with Gasteiger partial charge in [0.25, 0.3) is 0 Å². The van der Waals surface area contributed by atoms with Crippen LogP contribution in [-0.4, -0.2) is 45.4 Å². The fourth-order valence-corrected chi connectivity index (χ4v) is 2.05. The van der Waals surface area contributed by atoms with Crippen molar-refractivity contribution in [2.75, 3.05) is 20.6 Å². The monoisotopic (exact) mass is 298 g/mol. The zero-order valence-electron chi connectivity index (χ0n) is 11.3. The molecule has 0 radical (unpaired) electrons. The lowest BCUT2D eigenvalue weighted by Gasteiger charge is -2.15. The van der Waals surface area contributed by atoms with Gasteiger partial charge in [0.15, 0.2) is 0 Å². The number of halogens is 2. The summed E-state index contributed by atoms with van der Waals surface area (Å²) < 4.78 is 14.5. The van der Waals surface area contributed by atoms with Crippen LogP contribution >= 0.6 is 11.6 Å². The van der Waals surface area contributed by atoms with E-state index in [1.165, 1.54) is 18.3 Å². The molecule has 1 atom stereocenters. The number of hydrogen-bond donors (Lipinski definition) is 1. The number of nitrogens with zero attached hydrogens (tertiary/aromatic N) is 4. The normalized spacial score (nSPS) is 12.9. The first-order chi connectivity index (χ1) is 9.49. The Kier molecular flexibility index (Phi) is 4.69. The predicted molar refractivity (Wildman–Crippen MR) is 74.0 cm³/mol. The van der Waals surface area contributed by atoms with Gasteiger partial charge in [-0.15, -0.1) is 0 Å². The van der Waals surface area contributed by atoms with E-state index in [4.69, 9.17) is 11.6 Å². The summed E-state index contributed by atoms with van der Waals surface area (Å²) in [7, 11) is 3.89. The van der Waals surface area contributed by atoms with Crippen molar-refractivity contribution in [3.05, 3.63) is 46.8 Å². The number of aliphatic hydroxyl groups is 1. The second kappa shape index (κ2) is 6.30. The van der Waals surface area contributed by atoms with Gasteiger partial charge in [-0.1, -0.05) is 11.6 Å². The van der Waals surface area contributed by atoms with E-state index < -0.39 is 11.9 Å². The van der Waals surface area contributed by atoms with Gasteiger partial charge in [-0.25, -0.2) is 4.39 Å². The molecular formula is C13H16ClFN4O. The summed E-state index contributed by atoms with van der Waals surface area (Å²) in [6.07, 6.45) is 1.51. The fourth-order valence-electron chi connectivity index (χ4n) is 1.81. The number of likely N-dealkylation sites (N-methyl/N-ethyl adjacent to an activating group) is 1. The minimum Gasteiger partial charge on any atom is -0.380 e. The Morgan fingerprint density at radius 1 is 1.40 bits per heavy atom. The molecule has 2 aromatic rings. The lowest BCUT2D eigenvalue weighted by molar-refractivity contribution is 0.201. The molecule has 0 aliphatic rings. The molecule has 2 heterocycles. The quantitative estimate of drug-likeness (QED) is 0.913. The minimum absolute atomic E-state index is 0.333. The molecule has 5 nitrogen and oxygen atoms in total. The highest BCUT2D eigenvalue weighted by Crippen LogP contribution is 2.27. The third kappa shape index (κ3) is 3.33. The first-order valence-corrected chi connectivity index (χ1v) is 6.52. The average molecular weight is 299 g/mol. The fraction of sp³-hybridized carbons (Fsp3) is 0.385. The van der Waals surface area contributed by atoms with E-state index in [9.17, 15) is 9.50 Å². The van der Waals surface area contributed by atoms with Crippen molar-refractivity contribution in [1.29, 1.82) is 0 Å². The summed E-state index contributed by atoms with van der Waals surface area (Å²) in [6.45, 7) is 1.35. The number of aliphatic hydroxyl groups excluding tert-OH is 1. The summed E-state index contributed by atoms with van der Waals surface area (Å²) in [6, 6.07) is 2.68. The van der Waals surface area contributed by atoms with Crippen molar-refractivity contribution >= 4 is 11.6 Å². The van der Waals surface area contributed by atoms with Gasteiger partial charge in [0.05, 0.1) is 35.3 Å². The van der Waals surface area contributed by atoms with Gasteiger partial charge in [0, 0.05) is 6.54 Å². The molecule has 0 fully saturated rings. The van der Waals surface area contributed by atoms with Gasteiger partial charge in [0.2, 0.25) is 0 Å². The lowest BCUT2D eigenvalue weighted by Crippen LogP contribution is -2.21. The van der Waals surface area contributed by atoms with Crippen LogP contribution in [0.5, 0.6) is 0 Å². The van der Waals surface area contributed by atoms with E-state index in [-0.39, 0.29) is 0 Å². The largest absolute Gasteiger partial charge is 0.380 e. The molecule has 0 aromatic carbocycles. The van der Waals surface area contributed by atoms with Crippen LogP contribution in [-0.2, 0) is 6.54 Å². The topological polar surface area (TPSA) is 54.2 Å². The van der Waals surface area contributed by atoms with Crippen LogP contribution in [0.3, 0.4) is 0 Å². The second-order valence-corrected chi connectivity index (χ2v) is 5.12. The van der Waals surface area contributed by atoms with E-state index in [0.29, 0.717) is 23.0 Å². The van der Waals surface area contributed by atoms with Crippen LogP contribution in [0, 0.1) is 5.82 Å². The minimum atomic E-state index is -1.03. The van der Waals surface area contributed by atoms with E-state index in [2.05, 4.69) is 10.1 Å². The van der Waals surface area contributed by atoms with Gasteiger partial charge < -0.3 is 10.0 Å². The summed E-state index contributed by atoms with van der Waals surface area (Å²) in [5, 5.41) is 14.9. The SMILES string of the molecule is CN(C)CCn1ncc(Cl)c1C(O)c1ccc(F)cn1. The third-order valence-corrected chi connectivity index (χ3v) is 3.17. The molecule has 0 aliphatic carbocycles. The van der Waals surface area contributed by atoms with Crippen molar-refractivity contribution in [1.82, 2.24) is 19.7 Å². The number of hydrogen-bond acceptors (Lipinski definition) is 4. The molecule has 0 bridgehead atoms. The summed E-state index contributed by atoms with van der Waals surface area (Å²) in [5.74, 6) is -0.451. The van der Waals surface area contributed by atoms with Crippen molar-refractivity contribution < 1.29 is 9.50 Å². The van der Waals surface area contributed by atoms with E-state index in [1.54, 1.807) is 4.68 Å². The Hall–Kier alpha value is -1.50. The van der Waals surface area contributed by atoms with Crippen LogP contribution in [0.2, 0.25) is 5.02 Å². The first-order valence-electron chi connectivity index (χ1n) is 6.14. The average Bonchev–Trinajstić information content (AvgIpc) is 2.77. The Morgan fingerprint density at radius 3 is 2.75 bits per heavy atom. The molecule has 0 amide bonds. The van der Waals surface area contributed by atoms with Crippen molar-refractivity contribution in [3.8, 4) is 0 Å². The van der Waals surface area contributed by atoms with E-state index >= 15 is 0 Å². The van der Waals surface area contributed by atoms with Crippen LogP contribution < -0.4 is 0 Å². The molecule has 108 valence electrons. The molecule has 1 unspecified atom stereocenters. The maximum absolute atomic E-state index is 12.9. The Balaban J connectivity index is 2.26. The highest BCUT2D eigenvalue weighted by atomic mass is 35.5. The van der Waals surface area contributed by atoms with Gasteiger partial charge >= 0.3 is 0 Å². The summed E-state index contributed by atoms with van der Waals surface area (Å²) >= 11 is 6.08. The molecule has 0 saturated carbocycles. The highest BCUT2D eigenvalue weighted by molar-refractivity contribution is 6.31. The third-order valence-electron chi connectivity index (χ3n) is 2.88. The predicted octanol–water partition coefficient (Wildman–Crippen LogP) is 1.71. The molecule has 1 N–H and O–H groups in total. The van der Waals surface area contributed by atoms with E-state index in [0.717, 1.165) is 12.7 Å². The standard InChI is InChI=1S/C13H16ClFN4O/c1-18(2)5-6-19-12(10(14)8-17-19)13(20)11-4-3-9(15)7-16-11/h3-4,7-8,13,20H,5-6H2,1-2H3. The van der Waals surface area contributed by atoms with Crippen molar-refractivity contribution in [2.24, 2.45) is 0 Å². The van der Waals surface area contributed by atoms with Crippen molar-refractivity contribution in [3.63, 3.8) is 0 Å². The van der Waals surface area contributed by atoms with Crippen LogP contribution in [0.25, 0.3) is 0 Å². The Labute approximate surface area is 121 Å². The summed E-state index contributed by atoms with van der Waals surface area (Å²) in [5.41, 5.74) is 0.799. The Morgan fingerprint density at radius 2 is 2.15 bits per heavy atom. The second-order valence-electron chi connectivity index (χ2n) is 4.71. The maximum atomic E-state index is 12.9. The van der Waals surface area contributed by atoms with E-state index in [1.807, 2.05) is 19.0 Å². The van der Waals surface area contributed by atoms with Gasteiger partial charge in [-0.05, 0) is 26.2 Å². The molecule has 0 aliphatic heterocycles. The van der Waals surface area contributed by atoms with Crippen molar-refractivity contribution in [2.45, 2.75) is 12.6 Å². The molecular weight excluding hydrogens is 283 g/mol. The van der Waals surface area contributed by atoms with Gasteiger partial charge in [0.1, 0.15) is 11.9 Å². The number of aromatic nitrogens is 3. The molecule has 0 saturated heterocycles. The Bertz CT molecular complexity index is 570.